The van der Waals surface area contributed by atoms with E-state index in [9.17, 15) is 14.8 Å². The first-order valence-electron chi connectivity index (χ1n) is 11.8. The second-order valence-electron chi connectivity index (χ2n) is 9.35. The summed E-state index contributed by atoms with van der Waals surface area (Å²) in [4.78, 5) is 12.3. The monoisotopic (exact) mass is 519 g/mol. The van der Waals surface area contributed by atoms with Crippen molar-refractivity contribution in [2.24, 2.45) is 0 Å². The van der Waals surface area contributed by atoms with Crippen LogP contribution in [0.2, 0.25) is 0 Å². The SMILES string of the molecule is CCC1(CC)CC(c2ccccc2)OP(=O)(OC2O[C@@H](n3cnc4c(N)ncnc43)[C@](C)(O)[C@@H]2O)O1. The van der Waals surface area contributed by atoms with E-state index in [-0.39, 0.29) is 11.5 Å². The number of benzene rings is 1. The Labute approximate surface area is 208 Å². The number of fused-ring (bicyclic) bond motifs is 1. The average Bonchev–Trinajstić information content (AvgIpc) is 3.39. The molecule has 4 heterocycles. The molecule has 3 aromatic rings. The van der Waals surface area contributed by atoms with Crippen LogP contribution >= 0.6 is 7.82 Å². The fourth-order valence-corrected chi connectivity index (χ4v) is 6.62. The fraction of sp³-hybridized carbons (Fsp3) is 0.522. The van der Waals surface area contributed by atoms with Gasteiger partial charge in [-0.15, -0.1) is 0 Å². The number of nitrogen functional groups attached to an aromatic ring is 1. The summed E-state index contributed by atoms with van der Waals surface area (Å²) < 4.78 is 38.8. The molecule has 194 valence electrons. The normalized spacial score (nSPS) is 34.2. The molecule has 2 aromatic heterocycles. The predicted octanol–water partition coefficient (Wildman–Crippen LogP) is 3.24. The third-order valence-corrected chi connectivity index (χ3v) is 8.66. The molecule has 6 atom stereocenters. The maximum atomic E-state index is 13.9. The summed E-state index contributed by atoms with van der Waals surface area (Å²) in [6.07, 6.45) is -0.651. The van der Waals surface area contributed by atoms with E-state index in [0.29, 0.717) is 24.8 Å². The minimum Gasteiger partial charge on any atom is -0.385 e. The number of hydrogen-bond acceptors (Lipinski definition) is 11. The Morgan fingerprint density at radius 2 is 1.94 bits per heavy atom. The molecule has 0 amide bonds. The van der Waals surface area contributed by atoms with Gasteiger partial charge in [0.05, 0.1) is 18.0 Å². The smallest absolute Gasteiger partial charge is 0.385 e. The summed E-state index contributed by atoms with van der Waals surface area (Å²) in [6.45, 7) is 5.26. The molecule has 2 aliphatic rings. The topological polar surface area (TPSA) is 164 Å². The van der Waals surface area contributed by atoms with Gasteiger partial charge in [-0.3, -0.25) is 18.1 Å². The van der Waals surface area contributed by atoms with E-state index >= 15 is 0 Å². The van der Waals surface area contributed by atoms with Crippen molar-refractivity contribution in [2.75, 3.05) is 5.73 Å². The number of ether oxygens (including phenoxy) is 1. The van der Waals surface area contributed by atoms with Crippen LogP contribution in [-0.2, 0) is 22.9 Å². The highest BCUT2D eigenvalue weighted by Crippen LogP contribution is 2.64. The molecule has 0 radical (unpaired) electrons. The first-order chi connectivity index (χ1) is 17.1. The number of hydrogen-bond donors (Lipinski definition) is 3. The third-order valence-electron chi connectivity index (χ3n) is 7.07. The van der Waals surface area contributed by atoms with Crippen LogP contribution in [-0.4, -0.2) is 53.3 Å². The molecule has 4 N–H and O–H groups in total. The Balaban J connectivity index is 1.45. The van der Waals surface area contributed by atoms with Crippen LogP contribution in [0.3, 0.4) is 0 Å². The number of aromatic nitrogens is 4. The van der Waals surface area contributed by atoms with E-state index in [2.05, 4.69) is 15.0 Å². The Morgan fingerprint density at radius 1 is 1.22 bits per heavy atom. The van der Waals surface area contributed by atoms with Gasteiger partial charge in [-0.2, -0.15) is 0 Å². The summed E-state index contributed by atoms with van der Waals surface area (Å²) in [5.41, 5.74) is 4.65. The van der Waals surface area contributed by atoms with Crippen molar-refractivity contribution in [3.8, 4) is 0 Å². The zero-order chi connectivity index (χ0) is 25.7. The van der Waals surface area contributed by atoms with Gasteiger partial charge in [-0.1, -0.05) is 44.2 Å². The molecule has 1 aromatic carbocycles. The molecule has 2 fully saturated rings. The van der Waals surface area contributed by atoms with Crippen LogP contribution in [0, 0.1) is 0 Å². The van der Waals surface area contributed by atoms with E-state index in [4.69, 9.17) is 24.0 Å². The number of phosphoric acid groups is 1. The first-order valence-corrected chi connectivity index (χ1v) is 13.3. The molecule has 12 nitrogen and oxygen atoms in total. The molecular formula is C23H30N5O7P. The van der Waals surface area contributed by atoms with Crippen LogP contribution in [0.15, 0.2) is 43.0 Å². The van der Waals surface area contributed by atoms with Crippen molar-refractivity contribution < 1.29 is 33.1 Å². The molecule has 2 saturated heterocycles. The highest BCUT2D eigenvalue weighted by molar-refractivity contribution is 7.48. The van der Waals surface area contributed by atoms with Gasteiger partial charge in [0, 0.05) is 6.42 Å². The summed E-state index contributed by atoms with van der Waals surface area (Å²) in [5.74, 6) is 0.153. The van der Waals surface area contributed by atoms with Crippen molar-refractivity contribution in [3.05, 3.63) is 48.5 Å². The lowest BCUT2D eigenvalue weighted by Crippen LogP contribution is -2.44. The van der Waals surface area contributed by atoms with Crippen LogP contribution in [0.4, 0.5) is 5.82 Å². The van der Waals surface area contributed by atoms with Crippen molar-refractivity contribution in [1.82, 2.24) is 19.5 Å². The largest absolute Gasteiger partial charge is 0.478 e. The quantitative estimate of drug-likeness (QED) is 0.410. The lowest BCUT2D eigenvalue weighted by atomic mass is 9.88. The molecule has 0 bridgehead atoms. The van der Waals surface area contributed by atoms with Crippen LogP contribution in [0.1, 0.15) is 57.9 Å². The van der Waals surface area contributed by atoms with Gasteiger partial charge in [-0.25, -0.2) is 19.5 Å². The van der Waals surface area contributed by atoms with Crippen molar-refractivity contribution in [3.63, 3.8) is 0 Å². The number of rotatable bonds is 6. The van der Waals surface area contributed by atoms with Crippen LogP contribution < -0.4 is 5.73 Å². The van der Waals surface area contributed by atoms with E-state index in [0.717, 1.165) is 5.56 Å². The zero-order valence-corrected chi connectivity index (χ0v) is 21.1. The van der Waals surface area contributed by atoms with E-state index in [1.54, 1.807) is 0 Å². The molecule has 36 heavy (non-hydrogen) atoms. The second kappa shape index (κ2) is 9.14. The van der Waals surface area contributed by atoms with Gasteiger partial charge in [-0.05, 0) is 25.3 Å². The summed E-state index contributed by atoms with van der Waals surface area (Å²) in [5, 5.41) is 22.1. The molecular weight excluding hydrogens is 489 g/mol. The van der Waals surface area contributed by atoms with Crippen molar-refractivity contribution in [1.29, 1.82) is 0 Å². The van der Waals surface area contributed by atoms with E-state index in [1.165, 1.54) is 24.1 Å². The highest BCUT2D eigenvalue weighted by Gasteiger charge is 2.58. The minimum absolute atomic E-state index is 0.153. The highest BCUT2D eigenvalue weighted by atomic mass is 31.2. The Bertz CT molecular complexity index is 1280. The zero-order valence-electron chi connectivity index (χ0n) is 20.2. The fourth-order valence-electron chi connectivity index (χ4n) is 4.75. The Kier molecular flexibility index (Phi) is 6.40. The molecule has 0 saturated carbocycles. The van der Waals surface area contributed by atoms with E-state index < -0.39 is 43.8 Å². The summed E-state index contributed by atoms with van der Waals surface area (Å²) in [7, 11) is -4.26. The van der Waals surface area contributed by atoms with Crippen molar-refractivity contribution in [2.45, 2.75) is 76.0 Å². The molecule has 3 unspecified atom stereocenters. The number of imidazole rings is 1. The second-order valence-corrected chi connectivity index (χ2v) is 10.9. The molecule has 5 rings (SSSR count). The van der Waals surface area contributed by atoms with Crippen molar-refractivity contribution >= 4 is 24.8 Å². The Morgan fingerprint density at radius 3 is 2.64 bits per heavy atom. The maximum absolute atomic E-state index is 13.9. The van der Waals surface area contributed by atoms with E-state index in [1.807, 2.05) is 44.2 Å². The first kappa shape index (κ1) is 25.2. The predicted molar refractivity (Wildman–Crippen MR) is 128 cm³/mol. The standard InChI is InChI=1S/C23H30N5O7P/c1-4-23(5-2)11-15(14-9-7-6-8-10-14)33-36(31,35-23)34-20-17(29)22(3,30)21(32-20)28-13-27-16-18(24)25-12-26-19(16)28/h6-10,12-13,15,17,20-21,29-30H,4-5,11H2,1-3H3,(H2,24,25,26)/t15?,17-,20?,21-,22-,36?/m1/s1. The summed E-state index contributed by atoms with van der Waals surface area (Å²) in [6, 6.07) is 9.40. The third kappa shape index (κ3) is 4.22. The van der Waals surface area contributed by atoms with Gasteiger partial charge < -0.3 is 20.7 Å². The summed E-state index contributed by atoms with van der Waals surface area (Å²) >= 11 is 0. The number of nitrogens with two attached hydrogens (primary N) is 1. The van der Waals surface area contributed by atoms with Gasteiger partial charge >= 0.3 is 7.82 Å². The van der Waals surface area contributed by atoms with Gasteiger partial charge in [0.15, 0.2) is 17.7 Å². The van der Waals surface area contributed by atoms with Crippen LogP contribution in [0.25, 0.3) is 11.2 Å². The molecule has 0 aliphatic carbocycles. The number of aliphatic hydroxyl groups excluding tert-OH is 1. The van der Waals surface area contributed by atoms with Gasteiger partial charge in [0.2, 0.25) is 6.29 Å². The number of nitrogens with zero attached hydrogens (tertiary/aromatic N) is 4. The number of aliphatic hydroxyl groups is 2. The van der Waals surface area contributed by atoms with Crippen LogP contribution in [0.5, 0.6) is 0 Å². The Hall–Kier alpha value is -2.44. The molecule has 2 aliphatic heterocycles. The van der Waals surface area contributed by atoms with Gasteiger partial charge in [0.25, 0.3) is 0 Å². The lowest BCUT2D eigenvalue weighted by Gasteiger charge is -2.43. The average molecular weight is 519 g/mol. The van der Waals surface area contributed by atoms with Gasteiger partial charge in [0.1, 0.15) is 23.5 Å². The lowest BCUT2D eigenvalue weighted by molar-refractivity contribution is -0.160. The molecule has 13 heteroatoms. The number of phosphoric ester groups is 1. The minimum atomic E-state index is -4.26. The maximum Gasteiger partial charge on any atom is 0.478 e. The molecule has 0 spiro atoms. The number of anilines is 1.